The summed E-state index contributed by atoms with van der Waals surface area (Å²) in [4.78, 5) is 22.4. The van der Waals surface area contributed by atoms with Crippen molar-refractivity contribution in [3.05, 3.63) is 22.2 Å². The van der Waals surface area contributed by atoms with Crippen LogP contribution in [0.3, 0.4) is 0 Å². The number of carboxylic acid groups (broad SMARTS) is 1. The molecule has 1 aromatic carbocycles. The molecule has 2 N–H and O–H groups in total. The summed E-state index contributed by atoms with van der Waals surface area (Å²) in [5, 5.41) is 11.3. The number of benzene rings is 1. The maximum absolute atomic E-state index is 11.9. The fraction of sp³-hybridized carbons (Fsp3) is 0.500. The molecule has 1 rings (SSSR count). The molecule has 0 aliphatic carbocycles. The highest BCUT2D eigenvalue weighted by Crippen LogP contribution is 2.34. The van der Waals surface area contributed by atoms with Crippen LogP contribution >= 0.6 is 15.9 Å². The summed E-state index contributed by atoms with van der Waals surface area (Å²) in [5.74, 6) is 0.204. The van der Waals surface area contributed by atoms with E-state index in [0.717, 1.165) is 10.0 Å². The Balaban J connectivity index is 2.69. The van der Waals surface area contributed by atoms with Crippen LogP contribution in [0.4, 0.5) is 0 Å². The standard InChI is InChI=1S/C16H22BrNO5/c1-3-22-13-8-11(12(17)10-14(13)23-4-2)9-15(19)18-7-5-6-16(20)21/h8,10H,3-7,9H2,1-2H3,(H,18,19)(H,20,21). The molecule has 1 aromatic rings. The number of hydrogen-bond acceptors (Lipinski definition) is 4. The molecule has 0 aliphatic rings. The Morgan fingerprint density at radius 1 is 1.17 bits per heavy atom. The number of carbonyl (C=O) groups is 2. The van der Waals surface area contributed by atoms with Gasteiger partial charge in [0.2, 0.25) is 5.91 Å². The number of nitrogens with one attached hydrogen (secondary N) is 1. The summed E-state index contributed by atoms with van der Waals surface area (Å²) >= 11 is 3.44. The zero-order chi connectivity index (χ0) is 17.2. The molecule has 0 saturated carbocycles. The minimum atomic E-state index is -0.866. The van der Waals surface area contributed by atoms with Crippen LogP contribution in [0, 0.1) is 0 Å². The van der Waals surface area contributed by atoms with E-state index in [2.05, 4.69) is 21.2 Å². The first-order chi connectivity index (χ1) is 11.0. The Hall–Kier alpha value is -1.76. The average molecular weight is 388 g/mol. The molecule has 23 heavy (non-hydrogen) atoms. The smallest absolute Gasteiger partial charge is 0.303 e. The van der Waals surface area contributed by atoms with Crippen molar-refractivity contribution >= 4 is 27.8 Å². The Morgan fingerprint density at radius 2 is 1.78 bits per heavy atom. The van der Waals surface area contributed by atoms with Gasteiger partial charge in [-0.1, -0.05) is 15.9 Å². The number of carbonyl (C=O) groups excluding carboxylic acids is 1. The van der Waals surface area contributed by atoms with Crippen LogP contribution in [0.2, 0.25) is 0 Å². The quantitative estimate of drug-likeness (QED) is 0.602. The van der Waals surface area contributed by atoms with E-state index in [-0.39, 0.29) is 18.7 Å². The zero-order valence-electron chi connectivity index (χ0n) is 13.4. The maximum Gasteiger partial charge on any atom is 0.303 e. The van der Waals surface area contributed by atoms with Crippen LogP contribution in [-0.2, 0) is 16.0 Å². The number of hydrogen-bond donors (Lipinski definition) is 2. The van der Waals surface area contributed by atoms with Crippen molar-refractivity contribution in [3.63, 3.8) is 0 Å². The molecular formula is C16H22BrNO5. The van der Waals surface area contributed by atoms with Gasteiger partial charge in [0.15, 0.2) is 11.5 Å². The summed E-state index contributed by atoms with van der Waals surface area (Å²) in [6, 6.07) is 3.58. The van der Waals surface area contributed by atoms with E-state index < -0.39 is 5.97 Å². The van der Waals surface area contributed by atoms with Crippen molar-refractivity contribution in [2.45, 2.75) is 33.1 Å². The third-order valence-electron chi connectivity index (χ3n) is 2.95. The highest BCUT2D eigenvalue weighted by molar-refractivity contribution is 9.10. The summed E-state index contributed by atoms with van der Waals surface area (Å²) < 4.78 is 11.8. The summed E-state index contributed by atoms with van der Waals surface area (Å²) in [6.45, 7) is 5.14. The number of amides is 1. The third-order valence-corrected chi connectivity index (χ3v) is 3.69. The molecule has 7 heteroatoms. The van der Waals surface area contributed by atoms with E-state index in [1.807, 2.05) is 13.8 Å². The van der Waals surface area contributed by atoms with Crippen molar-refractivity contribution in [1.82, 2.24) is 5.32 Å². The minimum absolute atomic E-state index is 0.0432. The Morgan fingerprint density at radius 3 is 2.35 bits per heavy atom. The Bertz CT molecular complexity index is 548. The first kappa shape index (κ1) is 19.3. The largest absolute Gasteiger partial charge is 0.490 e. The number of aliphatic carboxylic acids is 1. The predicted molar refractivity (Wildman–Crippen MR) is 90.1 cm³/mol. The molecule has 0 spiro atoms. The van der Waals surface area contributed by atoms with Gasteiger partial charge < -0.3 is 19.9 Å². The Labute approximate surface area is 144 Å². The molecule has 128 valence electrons. The highest BCUT2D eigenvalue weighted by Gasteiger charge is 2.13. The number of halogens is 1. The lowest BCUT2D eigenvalue weighted by atomic mass is 10.1. The van der Waals surface area contributed by atoms with Gasteiger partial charge in [-0.2, -0.15) is 0 Å². The van der Waals surface area contributed by atoms with Gasteiger partial charge in [0.1, 0.15) is 0 Å². The first-order valence-corrected chi connectivity index (χ1v) is 8.33. The van der Waals surface area contributed by atoms with Gasteiger partial charge >= 0.3 is 5.97 Å². The summed E-state index contributed by atoms with van der Waals surface area (Å²) in [6.07, 6.45) is 0.636. The van der Waals surface area contributed by atoms with Crippen LogP contribution in [0.1, 0.15) is 32.3 Å². The topological polar surface area (TPSA) is 84.9 Å². The molecule has 0 heterocycles. The lowest BCUT2D eigenvalue weighted by molar-refractivity contribution is -0.137. The lowest BCUT2D eigenvalue weighted by Gasteiger charge is -2.14. The van der Waals surface area contributed by atoms with E-state index in [1.165, 1.54) is 0 Å². The third kappa shape index (κ3) is 6.90. The SMILES string of the molecule is CCOc1cc(Br)c(CC(=O)NCCCC(=O)O)cc1OCC. The number of rotatable bonds is 10. The van der Waals surface area contributed by atoms with Crippen LogP contribution in [0.25, 0.3) is 0 Å². The molecule has 0 bridgehead atoms. The van der Waals surface area contributed by atoms with E-state index >= 15 is 0 Å². The van der Waals surface area contributed by atoms with Crippen LogP contribution in [0.15, 0.2) is 16.6 Å². The maximum atomic E-state index is 11.9. The second-order valence-corrected chi connectivity index (χ2v) is 5.63. The van der Waals surface area contributed by atoms with Gasteiger partial charge in [0.05, 0.1) is 19.6 Å². The zero-order valence-corrected chi connectivity index (χ0v) is 14.9. The van der Waals surface area contributed by atoms with Gasteiger partial charge in [0, 0.05) is 17.4 Å². The minimum Gasteiger partial charge on any atom is -0.490 e. The number of carboxylic acids is 1. The molecular weight excluding hydrogens is 366 g/mol. The fourth-order valence-corrected chi connectivity index (χ4v) is 2.41. The van der Waals surface area contributed by atoms with E-state index in [9.17, 15) is 9.59 Å². The number of ether oxygens (including phenoxy) is 2. The highest BCUT2D eigenvalue weighted by atomic mass is 79.9. The van der Waals surface area contributed by atoms with Crippen molar-refractivity contribution in [2.75, 3.05) is 19.8 Å². The monoisotopic (exact) mass is 387 g/mol. The second-order valence-electron chi connectivity index (χ2n) is 4.78. The second kappa shape index (κ2) is 10.1. The van der Waals surface area contributed by atoms with Crippen LogP contribution in [0.5, 0.6) is 11.5 Å². The van der Waals surface area contributed by atoms with Crippen LogP contribution < -0.4 is 14.8 Å². The molecule has 0 fully saturated rings. The molecule has 1 amide bonds. The van der Waals surface area contributed by atoms with E-state index in [4.69, 9.17) is 14.6 Å². The van der Waals surface area contributed by atoms with Gasteiger partial charge in [0.25, 0.3) is 0 Å². The molecule has 0 atom stereocenters. The first-order valence-electron chi connectivity index (χ1n) is 7.54. The molecule has 0 aromatic heterocycles. The lowest BCUT2D eigenvalue weighted by Crippen LogP contribution is -2.26. The fourth-order valence-electron chi connectivity index (χ4n) is 1.95. The Kier molecular flexibility index (Phi) is 8.47. The van der Waals surface area contributed by atoms with Crippen molar-refractivity contribution in [2.24, 2.45) is 0 Å². The normalized spacial score (nSPS) is 10.2. The molecule has 0 aliphatic heterocycles. The van der Waals surface area contributed by atoms with Gasteiger partial charge in [-0.15, -0.1) is 0 Å². The van der Waals surface area contributed by atoms with E-state index in [1.54, 1.807) is 12.1 Å². The van der Waals surface area contributed by atoms with Crippen molar-refractivity contribution in [1.29, 1.82) is 0 Å². The summed E-state index contributed by atoms with van der Waals surface area (Å²) in [5.41, 5.74) is 0.785. The van der Waals surface area contributed by atoms with E-state index in [0.29, 0.717) is 37.7 Å². The van der Waals surface area contributed by atoms with Crippen molar-refractivity contribution in [3.8, 4) is 11.5 Å². The van der Waals surface area contributed by atoms with Crippen molar-refractivity contribution < 1.29 is 24.2 Å². The molecule has 6 nitrogen and oxygen atoms in total. The molecule has 0 saturated heterocycles. The predicted octanol–water partition coefficient (Wildman–Crippen LogP) is 2.77. The average Bonchev–Trinajstić information content (AvgIpc) is 2.48. The summed E-state index contributed by atoms with van der Waals surface area (Å²) in [7, 11) is 0. The molecule has 0 unspecified atom stereocenters. The van der Waals surface area contributed by atoms with Gasteiger partial charge in [-0.25, -0.2) is 0 Å². The molecule has 0 radical (unpaired) electrons. The van der Waals surface area contributed by atoms with Gasteiger partial charge in [-0.3, -0.25) is 9.59 Å². The van der Waals surface area contributed by atoms with Crippen LogP contribution in [-0.4, -0.2) is 36.7 Å². The van der Waals surface area contributed by atoms with Gasteiger partial charge in [-0.05, 0) is 38.0 Å².